The smallest absolute Gasteiger partial charge is 0.110 e. The Morgan fingerprint density at radius 1 is 1.44 bits per heavy atom. The van der Waals surface area contributed by atoms with Gasteiger partial charge in [-0.2, -0.15) is 0 Å². The van der Waals surface area contributed by atoms with Crippen LogP contribution in [-0.2, 0) is 6.42 Å². The summed E-state index contributed by atoms with van der Waals surface area (Å²) in [5.74, 6) is 0. The number of nitrogens with two attached hydrogens (primary N) is 1. The summed E-state index contributed by atoms with van der Waals surface area (Å²) >= 11 is 1.81. The number of aromatic nitrogens is 1. The van der Waals surface area contributed by atoms with Gasteiger partial charge in [-0.3, -0.25) is 4.90 Å². The van der Waals surface area contributed by atoms with Crippen LogP contribution < -0.4 is 5.73 Å². The minimum atomic E-state index is 0.201. The maximum Gasteiger partial charge on any atom is 0.110 e. The zero-order valence-corrected chi connectivity index (χ0v) is 12.5. The first-order valence-electron chi connectivity index (χ1n) is 7.03. The van der Waals surface area contributed by atoms with Gasteiger partial charge in [-0.05, 0) is 40.2 Å². The van der Waals surface area contributed by atoms with Crippen molar-refractivity contribution in [2.75, 3.05) is 6.54 Å². The zero-order chi connectivity index (χ0) is 13.1. The van der Waals surface area contributed by atoms with Gasteiger partial charge in [0.05, 0.1) is 11.7 Å². The molecule has 1 aromatic rings. The summed E-state index contributed by atoms with van der Waals surface area (Å²) in [6.45, 7) is 7.83. The molecule has 0 bridgehead atoms. The summed E-state index contributed by atoms with van der Waals surface area (Å²) in [6, 6.07) is 1.34. The maximum atomic E-state index is 5.84. The van der Waals surface area contributed by atoms with Crippen molar-refractivity contribution >= 4 is 11.3 Å². The maximum absolute atomic E-state index is 5.84. The van der Waals surface area contributed by atoms with Crippen LogP contribution in [0.4, 0.5) is 0 Å². The molecule has 0 amide bonds. The molecule has 102 valence electrons. The van der Waals surface area contributed by atoms with Crippen molar-refractivity contribution in [1.29, 1.82) is 0 Å². The van der Waals surface area contributed by atoms with Crippen molar-refractivity contribution < 1.29 is 0 Å². The lowest BCUT2D eigenvalue weighted by atomic mass is 10.0. The van der Waals surface area contributed by atoms with Gasteiger partial charge in [0.15, 0.2) is 0 Å². The van der Waals surface area contributed by atoms with Crippen LogP contribution >= 0.6 is 11.3 Å². The van der Waals surface area contributed by atoms with Gasteiger partial charge in [0.2, 0.25) is 0 Å². The lowest BCUT2D eigenvalue weighted by Gasteiger charge is -2.37. The van der Waals surface area contributed by atoms with Gasteiger partial charge >= 0.3 is 0 Å². The summed E-state index contributed by atoms with van der Waals surface area (Å²) in [4.78, 5) is 7.40. The second-order valence-corrected chi connectivity index (χ2v) is 6.59. The van der Waals surface area contributed by atoms with Crippen LogP contribution in [0.15, 0.2) is 5.38 Å². The number of piperidine rings is 1. The quantitative estimate of drug-likeness (QED) is 0.912. The Balaban J connectivity index is 2.10. The van der Waals surface area contributed by atoms with Crippen LogP contribution in [0, 0.1) is 0 Å². The van der Waals surface area contributed by atoms with E-state index in [9.17, 15) is 0 Å². The monoisotopic (exact) mass is 267 g/mol. The van der Waals surface area contributed by atoms with E-state index in [0.29, 0.717) is 12.1 Å². The molecule has 3 nitrogen and oxygen atoms in total. The van der Waals surface area contributed by atoms with E-state index in [1.165, 1.54) is 36.5 Å². The lowest BCUT2D eigenvalue weighted by Crippen LogP contribution is -2.38. The number of nitrogens with zero attached hydrogens (tertiary/aromatic N) is 2. The van der Waals surface area contributed by atoms with Gasteiger partial charge in [0.25, 0.3) is 0 Å². The predicted octanol–water partition coefficient (Wildman–Crippen LogP) is 2.97. The van der Waals surface area contributed by atoms with E-state index in [-0.39, 0.29) is 6.04 Å². The molecule has 1 fully saturated rings. The Morgan fingerprint density at radius 3 is 2.89 bits per heavy atom. The molecule has 1 saturated heterocycles. The molecule has 2 unspecified atom stereocenters. The molecule has 18 heavy (non-hydrogen) atoms. The molecule has 2 rings (SSSR count). The first kappa shape index (κ1) is 14.0. The molecule has 1 aliphatic rings. The average molecular weight is 267 g/mol. The molecule has 0 aliphatic carbocycles. The fraction of sp³-hybridized carbons (Fsp3) is 0.786. The van der Waals surface area contributed by atoms with Gasteiger partial charge in [-0.15, -0.1) is 11.3 Å². The number of hydrogen-bond donors (Lipinski definition) is 1. The van der Waals surface area contributed by atoms with E-state index in [2.05, 4.69) is 24.1 Å². The SMILES string of the molecule is CC(N)Cc1csc(C2CCCCN2C(C)C)n1. The topological polar surface area (TPSA) is 42.1 Å². The van der Waals surface area contributed by atoms with Crippen LogP contribution in [0.25, 0.3) is 0 Å². The molecular formula is C14H25N3S. The normalized spacial score (nSPS) is 23.5. The third-order valence-corrected chi connectivity index (χ3v) is 4.59. The summed E-state index contributed by atoms with van der Waals surface area (Å²) in [5, 5.41) is 3.48. The summed E-state index contributed by atoms with van der Waals surface area (Å²) in [7, 11) is 0. The fourth-order valence-corrected chi connectivity index (χ4v) is 3.72. The standard InChI is InChI=1S/C14H25N3S/c1-10(2)17-7-5-4-6-13(17)14-16-12(9-18-14)8-11(3)15/h9-11,13H,4-8,15H2,1-3H3. The Bertz CT molecular complexity index is 373. The van der Waals surface area contributed by atoms with Gasteiger partial charge in [-0.25, -0.2) is 4.98 Å². The zero-order valence-electron chi connectivity index (χ0n) is 11.7. The van der Waals surface area contributed by atoms with Crippen LogP contribution in [0.2, 0.25) is 0 Å². The Labute approximate surface area is 114 Å². The highest BCUT2D eigenvalue weighted by atomic mass is 32.1. The van der Waals surface area contributed by atoms with E-state index in [0.717, 1.165) is 6.42 Å². The van der Waals surface area contributed by atoms with E-state index in [4.69, 9.17) is 10.7 Å². The molecule has 0 radical (unpaired) electrons. The van der Waals surface area contributed by atoms with Crippen LogP contribution in [-0.4, -0.2) is 28.5 Å². The number of rotatable bonds is 4. The van der Waals surface area contributed by atoms with Crippen LogP contribution in [0.1, 0.15) is 56.8 Å². The summed E-state index contributed by atoms with van der Waals surface area (Å²) in [6.07, 6.45) is 4.80. The van der Waals surface area contributed by atoms with Crippen molar-refractivity contribution in [3.05, 3.63) is 16.1 Å². The van der Waals surface area contributed by atoms with Crippen molar-refractivity contribution in [3.63, 3.8) is 0 Å². The van der Waals surface area contributed by atoms with Crippen LogP contribution in [0.3, 0.4) is 0 Å². The molecule has 0 aromatic carbocycles. The third kappa shape index (κ3) is 3.31. The second kappa shape index (κ2) is 6.13. The predicted molar refractivity (Wildman–Crippen MR) is 77.9 cm³/mol. The molecule has 2 N–H and O–H groups in total. The molecule has 0 saturated carbocycles. The van der Waals surface area contributed by atoms with Crippen molar-refractivity contribution in [2.24, 2.45) is 5.73 Å². The highest BCUT2D eigenvalue weighted by Gasteiger charge is 2.28. The Kier molecular flexibility index (Phi) is 4.76. The van der Waals surface area contributed by atoms with Crippen molar-refractivity contribution in [3.8, 4) is 0 Å². The van der Waals surface area contributed by atoms with Crippen molar-refractivity contribution in [1.82, 2.24) is 9.88 Å². The number of hydrogen-bond acceptors (Lipinski definition) is 4. The molecule has 0 spiro atoms. The average Bonchev–Trinajstić information content (AvgIpc) is 2.76. The van der Waals surface area contributed by atoms with Gasteiger partial charge in [0, 0.05) is 23.9 Å². The molecule has 1 aromatic heterocycles. The largest absolute Gasteiger partial charge is 0.328 e. The minimum Gasteiger partial charge on any atom is -0.328 e. The molecule has 1 aliphatic heterocycles. The summed E-state index contributed by atoms with van der Waals surface area (Å²) in [5.41, 5.74) is 7.01. The number of thiazole rings is 1. The fourth-order valence-electron chi connectivity index (χ4n) is 2.74. The Morgan fingerprint density at radius 2 is 2.22 bits per heavy atom. The van der Waals surface area contributed by atoms with E-state index in [1.807, 2.05) is 18.3 Å². The Hall–Kier alpha value is -0.450. The second-order valence-electron chi connectivity index (χ2n) is 5.70. The van der Waals surface area contributed by atoms with Crippen LogP contribution in [0.5, 0.6) is 0 Å². The molecular weight excluding hydrogens is 242 g/mol. The van der Waals surface area contributed by atoms with Gasteiger partial charge < -0.3 is 5.73 Å². The van der Waals surface area contributed by atoms with E-state index in [1.54, 1.807) is 0 Å². The van der Waals surface area contributed by atoms with Gasteiger partial charge in [-0.1, -0.05) is 6.42 Å². The summed E-state index contributed by atoms with van der Waals surface area (Å²) < 4.78 is 0. The first-order chi connectivity index (χ1) is 8.58. The molecule has 2 atom stereocenters. The van der Waals surface area contributed by atoms with Gasteiger partial charge in [0.1, 0.15) is 5.01 Å². The molecule has 4 heteroatoms. The lowest BCUT2D eigenvalue weighted by molar-refractivity contribution is 0.112. The minimum absolute atomic E-state index is 0.201. The van der Waals surface area contributed by atoms with E-state index < -0.39 is 0 Å². The van der Waals surface area contributed by atoms with Crippen molar-refractivity contribution in [2.45, 2.75) is 64.6 Å². The third-order valence-electron chi connectivity index (χ3n) is 3.59. The first-order valence-corrected chi connectivity index (χ1v) is 7.91. The highest BCUT2D eigenvalue weighted by molar-refractivity contribution is 7.09. The molecule has 2 heterocycles. The highest BCUT2D eigenvalue weighted by Crippen LogP contribution is 2.34. The number of likely N-dealkylation sites (tertiary alicyclic amines) is 1. The van der Waals surface area contributed by atoms with E-state index >= 15 is 0 Å².